The van der Waals surface area contributed by atoms with E-state index >= 15 is 0 Å². The van der Waals surface area contributed by atoms with E-state index in [1.807, 2.05) is 35.1 Å². The van der Waals surface area contributed by atoms with Crippen LogP contribution in [0.1, 0.15) is 23.8 Å². The molecule has 0 aliphatic rings. The minimum absolute atomic E-state index is 0.374. The number of rotatable bonds is 6. The molecule has 7 nitrogen and oxygen atoms in total. The van der Waals surface area contributed by atoms with Gasteiger partial charge in [-0.2, -0.15) is 17.6 Å². The summed E-state index contributed by atoms with van der Waals surface area (Å²) in [6.45, 7) is 2.68. The summed E-state index contributed by atoms with van der Waals surface area (Å²) in [6, 6.07) is 9.14. The molecule has 4 aromatic rings. The number of benzene rings is 1. The van der Waals surface area contributed by atoms with Gasteiger partial charge in [-0.05, 0) is 36.6 Å². The molecule has 0 saturated carbocycles. The third kappa shape index (κ3) is 3.41. The van der Waals surface area contributed by atoms with E-state index in [2.05, 4.69) is 33.0 Å². The minimum atomic E-state index is -0.496. The maximum atomic E-state index is 6.04. The standard InChI is InChI=1S/C18H16ClN5O2S2/c1-3-24-16(21-22-17(24)14-12(25-2)7-8-28-14)13(27)15-20-18(26-23-15)10-5-4-6-11(19)9-10/h4-9,13,27H,3H2,1-2H3. The van der Waals surface area contributed by atoms with Crippen LogP contribution in [0.2, 0.25) is 5.02 Å². The van der Waals surface area contributed by atoms with Gasteiger partial charge in [-0.15, -0.1) is 21.5 Å². The molecule has 0 N–H and O–H groups in total. The number of hydrogen-bond donors (Lipinski definition) is 1. The fraction of sp³-hybridized carbons (Fsp3) is 0.222. The van der Waals surface area contributed by atoms with Crippen molar-refractivity contribution in [1.29, 1.82) is 0 Å². The quantitative estimate of drug-likeness (QED) is 0.442. The van der Waals surface area contributed by atoms with Gasteiger partial charge in [0.25, 0.3) is 5.89 Å². The van der Waals surface area contributed by atoms with Crippen molar-refractivity contribution in [3.63, 3.8) is 0 Å². The molecule has 0 spiro atoms. The molecule has 144 valence electrons. The van der Waals surface area contributed by atoms with Crippen molar-refractivity contribution in [2.45, 2.75) is 18.7 Å². The van der Waals surface area contributed by atoms with Gasteiger partial charge in [0.1, 0.15) is 15.9 Å². The van der Waals surface area contributed by atoms with Crippen LogP contribution < -0.4 is 4.74 Å². The zero-order chi connectivity index (χ0) is 19.7. The summed E-state index contributed by atoms with van der Waals surface area (Å²) in [4.78, 5) is 5.38. The molecular formula is C18H16ClN5O2S2. The van der Waals surface area contributed by atoms with Crippen molar-refractivity contribution in [1.82, 2.24) is 24.9 Å². The molecule has 1 atom stereocenters. The predicted molar refractivity (Wildman–Crippen MR) is 111 cm³/mol. The van der Waals surface area contributed by atoms with Crippen molar-refractivity contribution in [3.05, 3.63) is 52.4 Å². The second-order valence-corrected chi connectivity index (χ2v) is 7.68. The number of hydrogen-bond acceptors (Lipinski definition) is 8. The smallest absolute Gasteiger partial charge is 0.258 e. The Balaban J connectivity index is 1.68. The van der Waals surface area contributed by atoms with E-state index in [1.165, 1.54) is 0 Å². The highest BCUT2D eigenvalue weighted by molar-refractivity contribution is 7.80. The first kappa shape index (κ1) is 19.0. The SMILES string of the molecule is CCn1c(-c2sccc2OC)nnc1C(S)c1noc(-c2cccc(Cl)c2)n1. The Labute approximate surface area is 175 Å². The van der Waals surface area contributed by atoms with Gasteiger partial charge in [0, 0.05) is 17.1 Å². The molecule has 0 aliphatic heterocycles. The van der Waals surface area contributed by atoms with E-state index < -0.39 is 5.25 Å². The van der Waals surface area contributed by atoms with Crippen molar-refractivity contribution < 1.29 is 9.26 Å². The van der Waals surface area contributed by atoms with Gasteiger partial charge in [-0.25, -0.2) is 0 Å². The van der Waals surface area contributed by atoms with Crippen LogP contribution in [-0.4, -0.2) is 32.0 Å². The summed E-state index contributed by atoms with van der Waals surface area (Å²) in [5, 5.41) is 14.8. The molecule has 0 bridgehead atoms. The van der Waals surface area contributed by atoms with Crippen LogP contribution in [-0.2, 0) is 6.54 Å². The molecule has 3 aromatic heterocycles. The first-order valence-corrected chi connectivity index (χ1v) is 10.2. The van der Waals surface area contributed by atoms with E-state index in [4.69, 9.17) is 20.9 Å². The first-order chi connectivity index (χ1) is 13.6. The Bertz CT molecular complexity index is 1110. The van der Waals surface area contributed by atoms with Gasteiger partial charge in [-0.3, -0.25) is 0 Å². The van der Waals surface area contributed by atoms with Crippen LogP contribution in [0, 0.1) is 0 Å². The molecule has 28 heavy (non-hydrogen) atoms. The Kier molecular flexibility index (Phi) is 5.38. The van der Waals surface area contributed by atoms with Gasteiger partial charge < -0.3 is 13.8 Å². The van der Waals surface area contributed by atoms with Crippen LogP contribution in [0.4, 0.5) is 0 Å². The maximum absolute atomic E-state index is 6.04. The topological polar surface area (TPSA) is 78.9 Å². The second-order valence-electron chi connectivity index (χ2n) is 5.81. The molecule has 3 heterocycles. The number of nitrogens with zero attached hydrogens (tertiary/aromatic N) is 5. The molecule has 0 aliphatic carbocycles. The summed E-state index contributed by atoms with van der Waals surface area (Å²) < 4.78 is 12.8. The monoisotopic (exact) mass is 433 g/mol. The van der Waals surface area contributed by atoms with E-state index in [0.29, 0.717) is 29.1 Å². The Morgan fingerprint density at radius 3 is 2.93 bits per heavy atom. The Morgan fingerprint density at radius 1 is 1.32 bits per heavy atom. The van der Waals surface area contributed by atoms with Crippen molar-refractivity contribution in [3.8, 4) is 27.9 Å². The first-order valence-electron chi connectivity index (χ1n) is 8.45. The summed E-state index contributed by atoms with van der Waals surface area (Å²) in [5.41, 5.74) is 0.743. The lowest BCUT2D eigenvalue weighted by molar-refractivity contribution is 0.417. The van der Waals surface area contributed by atoms with E-state index in [1.54, 1.807) is 30.6 Å². The van der Waals surface area contributed by atoms with Crippen LogP contribution >= 0.6 is 35.6 Å². The minimum Gasteiger partial charge on any atom is -0.495 e. The molecule has 10 heteroatoms. The second kappa shape index (κ2) is 7.94. The zero-order valence-corrected chi connectivity index (χ0v) is 17.5. The molecule has 0 radical (unpaired) electrons. The predicted octanol–water partition coefficient (Wildman–Crippen LogP) is 4.76. The van der Waals surface area contributed by atoms with Gasteiger partial charge >= 0.3 is 0 Å². The third-order valence-corrected chi connectivity index (χ3v) is 5.74. The maximum Gasteiger partial charge on any atom is 0.258 e. The highest BCUT2D eigenvalue weighted by Gasteiger charge is 2.26. The number of thiophene rings is 1. The van der Waals surface area contributed by atoms with Crippen LogP contribution in [0.5, 0.6) is 5.75 Å². The zero-order valence-electron chi connectivity index (χ0n) is 15.0. The number of thiol groups is 1. The summed E-state index contributed by atoms with van der Waals surface area (Å²) in [5.74, 6) is 2.90. The van der Waals surface area contributed by atoms with Crippen LogP contribution in [0.15, 0.2) is 40.2 Å². The van der Waals surface area contributed by atoms with Gasteiger partial charge in [-0.1, -0.05) is 22.8 Å². The molecular weight excluding hydrogens is 418 g/mol. The Hall–Kier alpha value is -2.36. The number of aromatic nitrogens is 5. The van der Waals surface area contributed by atoms with E-state index in [0.717, 1.165) is 22.0 Å². The fourth-order valence-corrected chi connectivity index (χ4v) is 4.16. The highest BCUT2D eigenvalue weighted by atomic mass is 35.5. The van der Waals surface area contributed by atoms with E-state index in [-0.39, 0.29) is 0 Å². The lowest BCUT2D eigenvalue weighted by Gasteiger charge is -2.10. The van der Waals surface area contributed by atoms with Crippen molar-refractivity contribution in [2.75, 3.05) is 7.11 Å². The molecule has 4 rings (SSSR count). The number of ether oxygens (including phenoxy) is 1. The average Bonchev–Trinajstić information content (AvgIpc) is 3.45. The average molecular weight is 434 g/mol. The number of halogens is 1. The molecule has 1 unspecified atom stereocenters. The van der Waals surface area contributed by atoms with E-state index in [9.17, 15) is 0 Å². The van der Waals surface area contributed by atoms with Crippen LogP contribution in [0.25, 0.3) is 22.2 Å². The molecule has 0 fully saturated rings. The normalized spacial score (nSPS) is 12.3. The van der Waals surface area contributed by atoms with Gasteiger partial charge in [0.05, 0.1) is 7.11 Å². The third-order valence-electron chi connectivity index (χ3n) is 4.15. The summed E-state index contributed by atoms with van der Waals surface area (Å²) >= 11 is 12.3. The lowest BCUT2D eigenvalue weighted by atomic mass is 10.2. The fourth-order valence-electron chi connectivity index (χ4n) is 2.82. The van der Waals surface area contributed by atoms with Crippen molar-refractivity contribution in [2.24, 2.45) is 0 Å². The molecule has 0 saturated heterocycles. The van der Waals surface area contributed by atoms with Crippen LogP contribution in [0.3, 0.4) is 0 Å². The number of methoxy groups -OCH3 is 1. The largest absolute Gasteiger partial charge is 0.495 e. The van der Waals surface area contributed by atoms with Gasteiger partial charge in [0.2, 0.25) is 0 Å². The Morgan fingerprint density at radius 2 is 2.18 bits per heavy atom. The lowest BCUT2D eigenvalue weighted by Crippen LogP contribution is -2.08. The van der Waals surface area contributed by atoms with Crippen molar-refractivity contribution >= 4 is 35.6 Å². The highest BCUT2D eigenvalue weighted by Crippen LogP contribution is 2.36. The molecule has 1 aromatic carbocycles. The summed E-state index contributed by atoms with van der Waals surface area (Å²) in [6.07, 6.45) is 0. The summed E-state index contributed by atoms with van der Waals surface area (Å²) in [7, 11) is 1.64. The van der Waals surface area contributed by atoms with Gasteiger partial charge in [0.15, 0.2) is 17.5 Å². The molecule has 0 amide bonds.